The van der Waals surface area contributed by atoms with Crippen LogP contribution in [0.2, 0.25) is 0 Å². The summed E-state index contributed by atoms with van der Waals surface area (Å²) in [7, 11) is 6.28. The van der Waals surface area contributed by atoms with Gasteiger partial charge in [0, 0.05) is 41.8 Å². The van der Waals surface area contributed by atoms with E-state index in [0.29, 0.717) is 6.04 Å². The van der Waals surface area contributed by atoms with E-state index in [1.807, 2.05) is 31.3 Å². The summed E-state index contributed by atoms with van der Waals surface area (Å²) in [6.07, 6.45) is 1.21. The minimum Gasteiger partial charge on any atom is -0.457 e. The summed E-state index contributed by atoms with van der Waals surface area (Å²) in [6.45, 7) is 2.96. The lowest BCUT2D eigenvalue weighted by molar-refractivity contribution is 0.315. The van der Waals surface area contributed by atoms with Crippen molar-refractivity contribution in [3.63, 3.8) is 0 Å². The third-order valence-electron chi connectivity index (χ3n) is 4.73. The van der Waals surface area contributed by atoms with Gasteiger partial charge in [0.25, 0.3) is 0 Å². The van der Waals surface area contributed by atoms with Crippen molar-refractivity contribution in [2.75, 3.05) is 39.1 Å². The minimum absolute atomic E-state index is 0.628. The Hall–Kier alpha value is -1.69. The fourth-order valence-electron chi connectivity index (χ4n) is 3.23. The maximum absolute atomic E-state index is 6.09. The molecule has 0 amide bonds. The summed E-state index contributed by atoms with van der Waals surface area (Å²) >= 11 is 4.32. The lowest BCUT2D eigenvalue weighted by Gasteiger charge is -2.23. The molecule has 134 valence electrons. The molecule has 5 heteroatoms. The monoisotopic (exact) mass is 357 g/mol. The van der Waals surface area contributed by atoms with Gasteiger partial charge >= 0.3 is 0 Å². The topological polar surface area (TPSA) is 27.7 Å². The number of anilines is 1. The van der Waals surface area contributed by atoms with Gasteiger partial charge in [0.1, 0.15) is 11.5 Å². The molecular formula is C20H27N3OS. The molecule has 0 spiro atoms. The summed E-state index contributed by atoms with van der Waals surface area (Å²) in [5.41, 5.74) is 2.44. The lowest BCUT2D eigenvalue weighted by Crippen LogP contribution is -2.31. The van der Waals surface area contributed by atoms with Crippen molar-refractivity contribution in [3.8, 4) is 11.5 Å². The standard InChI is InChI=1S/C20H27N3OS/c1-21-13-15-12-16(23-11-10-17(14-23)22(2)3)4-9-20(15)24-18-5-7-19(25)8-6-18/h4-9,12,17,21,25H,10-11,13-14H2,1-3H3/t17-/m0/s1. The van der Waals surface area contributed by atoms with Crippen LogP contribution >= 0.6 is 12.6 Å². The SMILES string of the molecule is CNCc1cc(N2CC[C@H](N(C)C)C2)ccc1Oc1ccc(S)cc1. The molecule has 0 bridgehead atoms. The maximum Gasteiger partial charge on any atom is 0.132 e. The Bertz CT molecular complexity index is 703. The van der Waals surface area contributed by atoms with E-state index < -0.39 is 0 Å². The highest BCUT2D eigenvalue weighted by Crippen LogP contribution is 2.31. The molecule has 25 heavy (non-hydrogen) atoms. The van der Waals surface area contributed by atoms with Gasteiger partial charge in [-0.05, 0) is 70.0 Å². The first kappa shape index (κ1) is 18.1. The summed E-state index contributed by atoms with van der Waals surface area (Å²) in [6, 6.07) is 14.9. The summed E-state index contributed by atoms with van der Waals surface area (Å²) in [5.74, 6) is 1.73. The zero-order valence-electron chi connectivity index (χ0n) is 15.2. The van der Waals surface area contributed by atoms with Gasteiger partial charge in [0.2, 0.25) is 0 Å². The Labute approximate surface area is 156 Å². The van der Waals surface area contributed by atoms with Crippen molar-refractivity contribution in [2.45, 2.75) is 23.9 Å². The number of ether oxygens (including phenoxy) is 1. The van der Waals surface area contributed by atoms with Crippen molar-refractivity contribution in [2.24, 2.45) is 0 Å². The second kappa shape index (κ2) is 8.13. The second-order valence-electron chi connectivity index (χ2n) is 6.77. The Morgan fingerprint density at radius 1 is 1.20 bits per heavy atom. The van der Waals surface area contributed by atoms with E-state index in [4.69, 9.17) is 4.74 Å². The maximum atomic E-state index is 6.09. The van der Waals surface area contributed by atoms with Crippen LogP contribution in [0.15, 0.2) is 47.4 Å². The Kier molecular flexibility index (Phi) is 5.89. The van der Waals surface area contributed by atoms with Crippen molar-refractivity contribution >= 4 is 18.3 Å². The summed E-state index contributed by atoms with van der Waals surface area (Å²) in [4.78, 5) is 5.71. The van der Waals surface area contributed by atoms with Crippen LogP contribution in [0.4, 0.5) is 5.69 Å². The zero-order valence-corrected chi connectivity index (χ0v) is 16.1. The van der Waals surface area contributed by atoms with Crippen molar-refractivity contribution in [1.29, 1.82) is 0 Å². The van der Waals surface area contributed by atoms with Crippen molar-refractivity contribution in [3.05, 3.63) is 48.0 Å². The minimum atomic E-state index is 0.628. The third-order valence-corrected chi connectivity index (χ3v) is 5.03. The van der Waals surface area contributed by atoms with Crippen LogP contribution in [0.3, 0.4) is 0 Å². The smallest absolute Gasteiger partial charge is 0.132 e. The lowest BCUT2D eigenvalue weighted by atomic mass is 10.1. The highest BCUT2D eigenvalue weighted by molar-refractivity contribution is 7.80. The molecule has 1 N–H and O–H groups in total. The summed E-state index contributed by atoms with van der Waals surface area (Å²) in [5, 5.41) is 3.25. The molecular weight excluding hydrogens is 330 g/mol. The molecule has 0 aliphatic carbocycles. The Morgan fingerprint density at radius 2 is 1.96 bits per heavy atom. The molecule has 3 rings (SSSR count). The Morgan fingerprint density at radius 3 is 2.60 bits per heavy atom. The van der Waals surface area contributed by atoms with Gasteiger partial charge < -0.3 is 19.9 Å². The molecule has 0 unspecified atom stereocenters. The number of benzene rings is 2. The first-order chi connectivity index (χ1) is 12.1. The quantitative estimate of drug-likeness (QED) is 0.772. The second-order valence-corrected chi connectivity index (χ2v) is 7.29. The number of thiol groups is 1. The van der Waals surface area contributed by atoms with Crippen LogP contribution in [0.1, 0.15) is 12.0 Å². The highest BCUT2D eigenvalue weighted by Gasteiger charge is 2.24. The average molecular weight is 358 g/mol. The van der Waals surface area contributed by atoms with E-state index in [0.717, 1.165) is 36.0 Å². The largest absolute Gasteiger partial charge is 0.457 e. The van der Waals surface area contributed by atoms with Crippen LogP contribution in [0, 0.1) is 0 Å². The van der Waals surface area contributed by atoms with E-state index in [9.17, 15) is 0 Å². The number of hydrogen-bond acceptors (Lipinski definition) is 5. The van der Waals surface area contributed by atoms with Gasteiger partial charge in [0.05, 0.1) is 0 Å². The molecule has 0 saturated carbocycles. The van der Waals surface area contributed by atoms with Crippen LogP contribution in [0.5, 0.6) is 11.5 Å². The molecule has 1 heterocycles. The van der Waals surface area contributed by atoms with Gasteiger partial charge in [-0.1, -0.05) is 0 Å². The predicted octanol–water partition coefficient (Wildman–Crippen LogP) is 3.63. The third kappa shape index (κ3) is 4.48. The van der Waals surface area contributed by atoms with Crippen LogP contribution in [0.25, 0.3) is 0 Å². The molecule has 1 aliphatic heterocycles. The number of hydrogen-bond donors (Lipinski definition) is 2. The van der Waals surface area contributed by atoms with Crippen molar-refractivity contribution < 1.29 is 4.74 Å². The molecule has 1 saturated heterocycles. The average Bonchev–Trinajstić information content (AvgIpc) is 3.09. The fourth-order valence-corrected chi connectivity index (χ4v) is 3.38. The fraction of sp³-hybridized carbons (Fsp3) is 0.400. The molecule has 0 radical (unpaired) electrons. The molecule has 2 aromatic rings. The van der Waals surface area contributed by atoms with Gasteiger partial charge in [0.15, 0.2) is 0 Å². The van der Waals surface area contributed by atoms with Gasteiger partial charge in [-0.3, -0.25) is 0 Å². The first-order valence-corrected chi connectivity index (χ1v) is 9.17. The van der Waals surface area contributed by atoms with E-state index in [1.165, 1.54) is 17.7 Å². The first-order valence-electron chi connectivity index (χ1n) is 8.72. The summed E-state index contributed by atoms with van der Waals surface area (Å²) < 4.78 is 6.09. The van der Waals surface area contributed by atoms with Gasteiger partial charge in [-0.2, -0.15) is 0 Å². The van der Waals surface area contributed by atoms with Crippen LogP contribution in [-0.4, -0.2) is 45.2 Å². The molecule has 0 aromatic heterocycles. The van der Waals surface area contributed by atoms with Crippen LogP contribution in [-0.2, 0) is 6.54 Å². The predicted molar refractivity (Wildman–Crippen MR) is 107 cm³/mol. The van der Waals surface area contributed by atoms with Crippen LogP contribution < -0.4 is 15.0 Å². The molecule has 2 aromatic carbocycles. The normalized spacial score (nSPS) is 17.3. The number of nitrogens with zero attached hydrogens (tertiary/aromatic N) is 2. The van der Waals surface area contributed by atoms with E-state index in [2.05, 4.69) is 60.0 Å². The molecule has 1 fully saturated rings. The van der Waals surface area contributed by atoms with Gasteiger partial charge in [-0.25, -0.2) is 0 Å². The van der Waals surface area contributed by atoms with E-state index in [-0.39, 0.29) is 0 Å². The highest BCUT2D eigenvalue weighted by atomic mass is 32.1. The Balaban J connectivity index is 1.79. The van der Waals surface area contributed by atoms with E-state index in [1.54, 1.807) is 0 Å². The molecule has 4 nitrogen and oxygen atoms in total. The van der Waals surface area contributed by atoms with E-state index >= 15 is 0 Å². The molecule has 1 atom stereocenters. The van der Waals surface area contributed by atoms with Gasteiger partial charge in [-0.15, -0.1) is 12.6 Å². The number of nitrogens with one attached hydrogen (secondary N) is 1. The number of likely N-dealkylation sites (N-methyl/N-ethyl adjacent to an activating group) is 1. The van der Waals surface area contributed by atoms with Crippen molar-refractivity contribution in [1.82, 2.24) is 10.2 Å². The molecule has 1 aliphatic rings. The zero-order chi connectivity index (χ0) is 17.8. The number of rotatable bonds is 6.